The predicted molar refractivity (Wildman–Crippen MR) is 105 cm³/mol. The predicted octanol–water partition coefficient (Wildman–Crippen LogP) is 2.70. The molecule has 0 aromatic carbocycles. The number of hydrogen-bond acceptors (Lipinski definition) is 5. The van der Waals surface area contributed by atoms with E-state index in [1.54, 1.807) is 29.3 Å². The third kappa shape index (κ3) is 4.18. The summed E-state index contributed by atoms with van der Waals surface area (Å²) in [5.74, 6) is 1.04. The molecule has 3 heterocycles. The Kier molecular flexibility index (Phi) is 5.60. The van der Waals surface area contributed by atoms with Gasteiger partial charge >= 0.3 is 0 Å². The molecule has 2 aromatic rings. The Morgan fingerprint density at radius 2 is 1.86 bits per heavy atom. The average Bonchev–Trinajstić information content (AvgIpc) is 3.29. The van der Waals surface area contributed by atoms with E-state index >= 15 is 0 Å². The number of furan rings is 1. The number of nitrogens with one attached hydrogen (secondary N) is 1. The van der Waals surface area contributed by atoms with E-state index in [0.29, 0.717) is 37.5 Å². The first kappa shape index (κ1) is 18.5. The lowest BCUT2D eigenvalue weighted by Gasteiger charge is -2.35. The van der Waals surface area contributed by atoms with Gasteiger partial charge in [0.1, 0.15) is 5.82 Å². The summed E-state index contributed by atoms with van der Waals surface area (Å²) in [7, 11) is 0. The van der Waals surface area contributed by atoms with Gasteiger partial charge in [0.25, 0.3) is 11.8 Å². The zero-order valence-corrected chi connectivity index (χ0v) is 16.0. The fraction of sp³-hybridized carbons (Fsp3) is 0.476. The number of rotatable bonds is 4. The highest BCUT2D eigenvalue weighted by Gasteiger charge is 2.25. The molecule has 0 unspecified atom stereocenters. The molecule has 7 heteroatoms. The number of piperazine rings is 1. The third-order valence-corrected chi connectivity index (χ3v) is 5.57. The van der Waals surface area contributed by atoms with Gasteiger partial charge in [-0.2, -0.15) is 0 Å². The topological polar surface area (TPSA) is 78.7 Å². The number of anilines is 1. The Balaban J connectivity index is 1.35. The third-order valence-electron chi connectivity index (χ3n) is 5.57. The Morgan fingerprint density at radius 1 is 1.07 bits per heavy atom. The Hall–Kier alpha value is -2.83. The molecule has 0 bridgehead atoms. The first-order valence-corrected chi connectivity index (χ1v) is 10.1. The van der Waals surface area contributed by atoms with Crippen molar-refractivity contribution in [2.75, 3.05) is 31.1 Å². The zero-order valence-electron chi connectivity index (χ0n) is 16.0. The SMILES string of the molecule is O=C(NC1CCCCC1)c1ccnc(N2CCN(C(=O)c3ccco3)CC2)c1. The summed E-state index contributed by atoms with van der Waals surface area (Å²) in [6, 6.07) is 7.30. The lowest BCUT2D eigenvalue weighted by Crippen LogP contribution is -2.49. The molecule has 4 rings (SSSR count). The van der Waals surface area contributed by atoms with Crippen LogP contribution in [0, 0.1) is 0 Å². The van der Waals surface area contributed by atoms with Gasteiger partial charge in [-0.25, -0.2) is 4.98 Å². The van der Waals surface area contributed by atoms with Gasteiger partial charge < -0.3 is 19.5 Å². The van der Waals surface area contributed by atoms with Crippen molar-refractivity contribution in [1.29, 1.82) is 0 Å². The van der Waals surface area contributed by atoms with Crippen LogP contribution in [0.1, 0.15) is 53.0 Å². The van der Waals surface area contributed by atoms with Crippen molar-refractivity contribution in [3.8, 4) is 0 Å². The molecule has 148 valence electrons. The largest absolute Gasteiger partial charge is 0.459 e. The number of nitrogens with zero attached hydrogens (tertiary/aromatic N) is 3. The van der Waals surface area contributed by atoms with E-state index in [0.717, 1.165) is 18.7 Å². The van der Waals surface area contributed by atoms with Gasteiger partial charge in [0.15, 0.2) is 5.76 Å². The fourth-order valence-electron chi connectivity index (χ4n) is 3.94. The summed E-state index contributed by atoms with van der Waals surface area (Å²) in [6.45, 7) is 2.54. The van der Waals surface area contributed by atoms with Crippen molar-refractivity contribution < 1.29 is 14.0 Å². The molecule has 0 atom stereocenters. The molecule has 1 saturated heterocycles. The average molecular weight is 382 g/mol. The molecular weight excluding hydrogens is 356 g/mol. The Morgan fingerprint density at radius 3 is 2.57 bits per heavy atom. The van der Waals surface area contributed by atoms with Gasteiger partial charge in [0.2, 0.25) is 0 Å². The van der Waals surface area contributed by atoms with Crippen LogP contribution in [0.5, 0.6) is 0 Å². The molecule has 7 nitrogen and oxygen atoms in total. The van der Waals surface area contributed by atoms with Gasteiger partial charge in [-0.15, -0.1) is 0 Å². The molecule has 28 heavy (non-hydrogen) atoms. The standard InChI is InChI=1S/C21H26N4O3/c26-20(23-17-5-2-1-3-6-17)16-8-9-22-19(15-16)24-10-12-25(13-11-24)21(27)18-7-4-14-28-18/h4,7-9,14-15,17H,1-3,5-6,10-13H2,(H,23,26). The van der Waals surface area contributed by atoms with Crippen LogP contribution in [-0.4, -0.2) is 53.9 Å². The maximum Gasteiger partial charge on any atom is 0.289 e. The molecular formula is C21H26N4O3. The van der Waals surface area contributed by atoms with Crippen LogP contribution < -0.4 is 10.2 Å². The van der Waals surface area contributed by atoms with Crippen molar-refractivity contribution in [3.05, 3.63) is 48.0 Å². The summed E-state index contributed by atoms with van der Waals surface area (Å²) < 4.78 is 5.20. The molecule has 0 spiro atoms. The van der Waals surface area contributed by atoms with E-state index < -0.39 is 0 Å². The Bertz CT molecular complexity index is 807. The van der Waals surface area contributed by atoms with Crippen molar-refractivity contribution >= 4 is 17.6 Å². The van der Waals surface area contributed by atoms with Crippen LogP contribution in [-0.2, 0) is 0 Å². The van der Waals surface area contributed by atoms with Crippen LogP contribution >= 0.6 is 0 Å². The smallest absolute Gasteiger partial charge is 0.289 e. The minimum atomic E-state index is -0.0850. The highest BCUT2D eigenvalue weighted by Crippen LogP contribution is 2.19. The summed E-state index contributed by atoms with van der Waals surface area (Å²) in [5, 5.41) is 3.15. The number of carbonyl (C=O) groups is 2. The second kappa shape index (κ2) is 8.46. The maximum atomic E-state index is 12.6. The number of pyridine rings is 1. The molecule has 2 aromatic heterocycles. The van der Waals surface area contributed by atoms with Crippen LogP contribution in [0.2, 0.25) is 0 Å². The molecule has 1 N–H and O–H groups in total. The van der Waals surface area contributed by atoms with Crippen molar-refractivity contribution in [2.24, 2.45) is 0 Å². The van der Waals surface area contributed by atoms with Gasteiger partial charge in [0, 0.05) is 44.0 Å². The minimum absolute atomic E-state index is 0.0258. The van der Waals surface area contributed by atoms with E-state index in [-0.39, 0.29) is 17.9 Å². The van der Waals surface area contributed by atoms with Crippen molar-refractivity contribution in [1.82, 2.24) is 15.2 Å². The van der Waals surface area contributed by atoms with Crippen molar-refractivity contribution in [2.45, 2.75) is 38.1 Å². The summed E-state index contributed by atoms with van der Waals surface area (Å²) in [5.41, 5.74) is 0.643. The van der Waals surface area contributed by atoms with Crippen LogP contribution in [0.25, 0.3) is 0 Å². The normalized spacial score (nSPS) is 18.1. The van der Waals surface area contributed by atoms with Crippen LogP contribution in [0.3, 0.4) is 0 Å². The van der Waals surface area contributed by atoms with E-state index in [2.05, 4.69) is 15.2 Å². The molecule has 2 aliphatic rings. The molecule has 1 saturated carbocycles. The van der Waals surface area contributed by atoms with Gasteiger partial charge in [-0.1, -0.05) is 19.3 Å². The monoisotopic (exact) mass is 382 g/mol. The number of aromatic nitrogens is 1. The van der Waals surface area contributed by atoms with E-state index in [1.807, 2.05) is 6.07 Å². The molecule has 1 aliphatic heterocycles. The number of hydrogen-bond donors (Lipinski definition) is 1. The lowest BCUT2D eigenvalue weighted by molar-refractivity contribution is 0.0714. The molecule has 2 amide bonds. The lowest BCUT2D eigenvalue weighted by atomic mass is 9.95. The second-order valence-corrected chi connectivity index (χ2v) is 7.47. The Labute approximate surface area is 164 Å². The number of carbonyl (C=O) groups excluding carboxylic acids is 2. The molecule has 1 aliphatic carbocycles. The summed E-state index contributed by atoms with van der Waals surface area (Å²) >= 11 is 0. The van der Waals surface area contributed by atoms with Crippen LogP contribution in [0.15, 0.2) is 41.1 Å². The maximum absolute atomic E-state index is 12.6. The summed E-state index contributed by atoms with van der Waals surface area (Å²) in [4.78, 5) is 33.3. The second-order valence-electron chi connectivity index (χ2n) is 7.47. The highest BCUT2D eigenvalue weighted by molar-refractivity contribution is 5.95. The zero-order chi connectivity index (χ0) is 19.3. The van der Waals surface area contributed by atoms with E-state index in [4.69, 9.17) is 4.42 Å². The molecule has 0 radical (unpaired) electrons. The minimum Gasteiger partial charge on any atom is -0.459 e. The van der Waals surface area contributed by atoms with E-state index in [1.165, 1.54) is 25.5 Å². The highest BCUT2D eigenvalue weighted by atomic mass is 16.3. The molecule has 2 fully saturated rings. The van der Waals surface area contributed by atoms with Gasteiger partial charge in [0.05, 0.1) is 6.26 Å². The quantitative estimate of drug-likeness (QED) is 0.880. The summed E-state index contributed by atoms with van der Waals surface area (Å²) in [6.07, 6.45) is 8.97. The first-order valence-electron chi connectivity index (χ1n) is 10.1. The fourth-order valence-corrected chi connectivity index (χ4v) is 3.94. The van der Waals surface area contributed by atoms with Crippen LogP contribution in [0.4, 0.5) is 5.82 Å². The van der Waals surface area contributed by atoms with E-state index in [9.17, 15) is 9.59 Å². The van der Waals surface area contributed by atoms with Gasteiger partial charge in [-0.3, -0.25) is 9.59 Å². The van der Waals surface area contributed by atoms with Gasteiger partial charge in [-0.05, 0) is 37.1 Å². The number of amides is 2. The first-order chi connectivity index (χ1) is 13.7. The van der Waals surface area contributed by atoms with Crippen molar-refractivity contribution in [3.63, 3.8) is 0 Å².